The standard InChI is InChI=1S/C19H22FNO/c1-21(2)13-5-12-19(16-8-10-17(20)11-9-16)18-7-4-3-6-15(18)14-22-19/h3-4,6-11H,5,12-14H2,1-2H3/i8D,9D,10D,11D. The van der Waals surface area contributed by atoms with Crippen LogP contribution < -0.4 is 0 Å². The van der Waals surface area contributed by atoms with E-state index in [0.717, 1.165) is 24.1 Å². The van der Waals surface area contributed by atoms with Gasteiger partial charge in [0.2, 0.25) is 0 Å². The first-order valence-corrected chi connectivity index (χ1v) is 7.43. The molecule has 3 heteroatoms. The molecule has 1 heterocycles. The van der Waals surface area contributed by atoms with E-state index in [1.54, 1.807) is 0 Å². The van der Waals surface area contributed by atoms with E-state index in [0.29, 0.717) is 13.0 Å². The third-order valence-electron chi connectivity index (χ3n) is 4.06. The topological polar surface area (TPSA) is 12.5 Å². The van der Waals surface area contributed by atoms with Gasteiger partial charge in [-0.2, -0.15) is 0 Å². The summed E-state index contributed by atoms with van der Waals surface area (Å²) in [5.41, 5.74) is 0.822. The fourth-order valence-corrected chi connectivity index (χ4v) is 3.00. The molecule has 0 saturated heterocycles. The maximum Gasteiger partial charge on any atom is 0.123 e. The van der Waals surface area contributed by atoms with Crippen molar-refractivity contribution in [2.24, 2.45) is 0 Å². The van der Waals surface area contributed by atoms with Gasteiger partial charge in [0, 0.05) is 0 Å². The lowest BCUT2D eigenvalue weighted by Gasteiger charge is -2.31. The summed E-state index contributed by atoms with van der Waals surface area (Å²) < 4.78 is 52.5. The number of hydrogen-bond acceptors (Lipinski definition) is 2. The highest BCUT2D eigenvalue weighted by Gasteiger charge is 2.41. The molecule has 0 aliphatic carbocycles. The van der Waals surface area contributed by atoms with Gasteiger partial charge in [-0.25, -0.2) is 4.39 Å². The largest absolute Gasteiger partial charge is 0.361 e. The van der Waals surface area contributed by atoms with Crippen molar-refractivity contribution in [2.75, 3.05) is 20.6 Å². The van der Waals surface area contributed by atoms with E-state index in [2.05, 4.69) is 0 Å². The molecule has 1 unspecified atom stereocenters. The van der Waals surface area contributed by atoms with E-state index in [1.807, 2.05) is 43.3 Å². The van der Waals surface area contributed by atoms with Crippen molar-refractivity contribution in [3.05, 3.63) is 70.9 Å². The summed E-state index contributed by atoms with van der Waals surface area (Å²) in [4.78, 5) is 2.04. The van der Waals surface area contributed by atoms with Crippen molar-refractivity contribution in [3.63, 3.8) is 0 Å². The van der Waals surface area contributed by atoms with E-state index >= 15 is 0 Å². The Morgan fingerprint density at radius 1 is 1.23 bits per heavy atom. The Kier molecular flexibility index (Phi) is 3.07. The molecule has 1 atom stereocenters. The van der Waals surface area contributed by atoms with Gasteiger partial charge >= 0.3 is 0 Å². The summed E-state index contributed by atoms with van der Waals surface area (Å²) in [6.45, 7) is 1.12. The summed E-state index contributed by atoms with van der Waals surface area (Å²) in [6.07, 6.45) is 1.22. The Hall–Kier alpha value is -1.71. The summed E-state index contributed by atoms with van der Waals surface area (Å²) in [6, 6.07) is 5.56. The van der Waals surface area contributed by atoms with Crippen molar-refractivity contribution < 1.29 is 14.6 Å². The van der Waals surface area contributed by atoms with Gasteiger partial charge in [-0.3, -0.25) is 0 Å². The Bertz CT molecular complexity index is 814. The first-order valence-electron chi connectivity index (χ1n) is 9.43. The molecule has 0 N–H and O–H groups in total. The van der Waals surface area contributed by atoms with Crippen molar-refractivity contribution in [1.82, 2.24) is 4.90 Å². The molecule has 0 amide bonds. The maximum absolute atomic E-state index is 14.0. The zero-order chi connectivity index (χ0) is 19.1. The summed E-state index contributed by atoms with van der Waals surface area (Å²) in [5.74, 6) is -1.13. The van der Waals surface area contributed by atoms with E-state index < -0.39 is 23.5 Å². The van der Waals surface area contributed by atoms with Crippen molar-refractivity contribution in [2.45, 2.75) is 25.0 Å². The van der Waals surface area contributed by atoms with Crippen LogP contribution in [0.15, 0.2) is 48.4 Å². The second kappa shape index (κ2) is 6.19. The number of rotatable bonds is 5. The van der Waals surface area contributed by atoms with Crippen LogP contribution in [0, 0.1) is 5.82 Å². The molecule has 1 aliphatic rings. The SMILES string of the molecule is [2H]c1c([2H])c(C2(CCCN(C)C)OCc3ccccc32)c([2H])c([2H])c1F. The molecule has 0 saturated carbocycles. The molecule has 0 bridgehead atoms. The number of hydrogen-bond donors (Lipinski definition) is 0. The lowest BCUT2D eigenvalue weighted by molar-refractivity contribution is -0.0140. The Balaban J connectivity index is 2.21. The lowest BCUT2D eigenvalue weighted by Crippen LogP contribution is -2.28. The fraction of sp³-hybridized carbons (Fsp3) is 0.368. The van der Waals surface area contributed by atoms with E-state index in [1.165, 1.54) is 0 Å². The fourth-order valence-electron chi connectivity index (χ4n) is 3.00. The Labute approximate surface area is 137 Å². The van der Waals surface area contributed by atoms with Crippen LogP contribution in [0.2, 0.25) is 0 Å². The zero-order valence-electron chi connectivity index (χ0n) is 16.9. The first kappa shape index (κ1) is 10.9. The average molecular weight is 303 g/mol. The average Bonchev–Trinajstić information content (AvgIpc) is 2.98. The highest BCUT2D eigenvalue weighted by Crippen LogP contribution is 2.45. The van der Waals surface area contributed by atoms with Crippen LogP contribution >= 0.6 is 0 Å². The molecule has 116 valence electrons. The number of nitrogens with zero attached hydrogens (tertiary/aromatic N) is 1. The van der Waals surface area contributed by atoms with Gasteiger partial charge < -0.3 is 9.64 Å². The van der Waals surface area contributed by atoms with Gasteiger partial charge in [0.15, 0.2) is 0 Å². The molecule has 2 aromatic carbocycles. The van der Waals surface area contributed by atoms with Gasteiger partial charge in [-0.1, -0.05) is 36.4 Å². The molecule has 1 aliphatic heterocycles. The molecule has 0 spiro atoms. The smallest absolute Gasteiger partial charge is 0.123 e. The van der Waals surface area contributed by atoms with Crippen LogP contribution in [0.1, 0.15) is 35.0 Å². The van der Waals surface area contributed by atoms with Crippen LogP contribution in [0.25, 0.3) is 0 Å². The minimum atomic E-state index is -1.13. The van der Waals surface area contributed by atoms with Gasteiger partial charge in [-0.15, -0.1) is 0 Å². The molecule has 2 nitrogen and oxygen atoms in total. The van der Waals surface area contributed by atoms with Crippen LogP contribution in [-0.2, 0) is 16.9 Å². The van der Waals surface area contributed by atoms with Gasteiger partial charge in [-0.05, 0) is 62.3 Å². The molecular weight excluding hydrogens is 277 g/mol. The third-order valence-corrected chi connectivity index (χ3v) is 4.06. The van der Waals surface area contributed by atoms with Crippen molar-refractivity contribution in [3.8, 4) is 0 Å². The minimum Gasteiger partial charge on any atom is -0.361 e. The summed E-state index contributed by atoms with van der Waals surface area (Å²) in [5, 5.41) is 0. The van der Waals surface area contributed by atoms with Crippen LogP contribution in [0.4, 0.5) is 4.39 Å². The number of fused-ring (bicyclic) bond motifs is 1. The summed E-state index contributed by atoms with van der Waals surface area (Å²) >= 11 is 0. The van der Waals surface area contributed by atoms with Gasteiger partial charge in [0.25, 0.3) is 0 Å². The molecule has 2 aromatic rings. The molecule has 0 aromatic heterocycles. The Morgan fingerprint density at radius 2 is 1.95 bits per heavy atom. The van der Waals surface area contributed by atoms with Crippen LogP contribution in [0.3, 0.4) is 0 Å². The normalized spacial score (nSPS) is 22.9. The van der Waals surface area contributed by atoms with E-state index in [4.69, 9.17) is 10.2 Å². The van der Waals surface area contributed by atoms with E-state index in [-0.39, 0.29) is 17.6 Å². The quantitative estimate of drug-likeness (QED) is 0.829. The highest BCUT2D eigenvalue weighted by molar-refractivity contribution is 5.44. The molecule has 0 radical (unpaired) electrons. The van der Waals surface area contributed by atoms with Crippen molar-refractivity contribution >= 4 is 0 Å². The minimum absolute atomic E-state index is 0.123. The van der Waals surface area contributed by atoms with Gasteiger partial charge in [0.1, 0.15) is 11.4 Å². The zero-order valence-corrected chi connectivity index (χ0v) is 12.9. The second-order valence-electron chi connectivity index (χ2n) is 5.87. The molecular formula is C19H22FNO. The van der Waals surface area contributed by atoms with Crippen molar-refractivity contribution in [1.29, 1.82) is 0 Å². The van der Waals surface area contributed by atoms with Crippen LogP contribution in [0.5, 0.6) is 0 Å². The number of ether oxygens (including phenoxy) is 1. The highest BCUT2D eigenvalue weighted by atomic mass is 19.1. The van der Waals surface area contributed by atoms with E-state index in [9.17, 15) is 4.39 Å². The van der Waals surface area contributed by atoms with Crippen LogP contribution in [-0.4, -0.2) is 25.5 Å². The number of benzene rings is 2. The predicted molar refractivity (Wildman–Crippen MR) is 86.2 cm³/mol. The second-order valence-corrected chi connectivity index (χ2v) is 5.87. The Morgan fingerprint density at radius 3 is 2.68 bits per heavy atom. The van der Waals surface area contributed by atoms with Gasteiger partial charge in [0.05, 0.1) is 12.1 Å². The summed E-state index contributed by atoms with van der Waals surface area (Å²) in [7, 11) is 3.92. The third kappa shape index (κ3) is 2.79. The number of halogens is 1. The molecule has 22 heavy (non-hydrogen) atoms. The lowest BCUT2D eigenvalue weighted by atomic mass is 9.82. The maximum atomic E-state index is 14.0. The first-order chi connectivity index (χ1) is 12.3. The predicted octanol–water partition coefficient (Wildman–Crippen LogP) is 3.94. The molecule has 0 fully saturated rings. The molecule has 3 rings (SSSR count). The monoisotopic (exact) mass is 303 g/mol.